The number of hydrogen-bond donors (Lipinski definition) is 1. The number of halogens is 1. The summed E-state index contributed by atoms with van der Waals surface area (Å²) >= 11 is 3.42. The third kappa shape index (κ3) is 7.77. The molecule has 0 fully saturated rings. The zero-order valence-electron chi connectivity index (χ0n) is 19.9. The molecule has 0 spiro atoms. The molecule has 1 atom stereocenters. The summed E-state index contributed by atoms with van der Waals surface area (Å²) in [4.78, 5) is 23.5. The molecule has 0 heterocycles. The van der Waals surface area contributed by atoms with Crippen LogP contribution in [0.2, 0.25) is 0 Å². The first kappa shape index (κ1) is 27.2. The Bertz CT molecular complexity index is 1350. The zero-order chi connectivity index (χ0) is 24.0. The summed E-state index contributed by atoms with van der Waals surface area (Å²) in [5.74, 6) is 0.131. The molecule has 0 aliphatic heterocycles. The predicted molar refractivity (Wildman–Crippen MR) is 138 cm³/mol. The quantitative estimate of drug-likeness (QED) is 0.113. The molecule has 0 bridgehead atoms. The van der Waals surface area contributed by atoms with Crippen molar-refractivity contribution in [3.05, 3.63) is 130 Å². The molecule has 1 N–H and O–H groups in total. The van der Waals surface area contributed by atoms with E-state index in [-0.39, 0.29) is 48.3 Å². The van der Waals surface area contributed by atoms with E-state index < -0.39 is 7.82 Å². The molecule has 172 valence electrons. The molecule has 35 heavy (non-hydrogen) atoms. The van der Waals surface area contributed by atoms with E-state index in [0.717, 1.165) is 15.6 Å². The molecule has 0 aliphatic carbocycles. The Hall–Kier alpha value is -2.44. The second-order valence-corrected chi connectivity index (χ2v) is 9.51. The topological polar surface area (TPSA) is 72.8 Å². The van der Waals surface area contributed by atoms with Crippen LogP contribution in [0.1, 0.15) is 22.9 Å². The Balaban J connectivity index is 0.00000228. The largest absolute Gasteiger partial charge is 1.00 e. The van der Waals surface area contributed by atoms with Crippen molar-refractivity contribution in [3.8, 4) is 11.5 Å². The third-order valence-electron chi connectivity index (χ3n) is 4.81. The number of allylic oxidation sites excluding steroid dienone is 1. The van der Waals surface area contributed by atoms with Crippen LogP contribution in [-0.4, -0.2) is 10.7 Å². The Kier molecular flexibility index (Phi) is 9.70. The van der Waals surface area contributed by atoms with Gasteiger partial charge in [-0.3, -0.25) is 9.69 Å². The van der Waals surface area contributed by atoms with Crippen LogP contribution >= 0.6 is 23.8 Å². The van der Waals surface area contributed by atoms with Gasteiger partial charge in [0.05, 0.1) is 0 Å². The first-order chi connectivity index (χ1) is 16.4. The summed E-state index contributed by atoms with van der Waals surface area (Å²) in [6, 6.07) is 31.4. The van der Waals surface area contributed by atoms with Gasteiger partial charge in [-0.15, -0.1) is 0 Å². The fourth-order valence-corrected chi connectivity index (χ4v) is 4.29. The van der Waals surface area contributed by atoms with E-state index in [1.165, 1.54) is 12.1 Å². The van der Waals surface area contributed by atoms with E-state index in [2.05, 4.69) is 15.9 Å². The number of Topliss-reactive ketones (excluding diaryl/α,β-unsaturated/α-hetero) is 1. The Labute approximate surface area is 236 Å². The Morgan fingerprint density at radius 2 is 1.23 bits per heavy atom. The monoisotopic (exact) mass is 558 g/mol. The van der Waals surface area contributed by atoms with Crippen molar-refractivity contribution in [1.82, 2.24) is 0 Å². The summed E-state index contributed by atoms with van der Waals surface area (Å²) in [7, 11) is -4.39. The minimum absolute atomic E-state index is 0. The molecule has 0 radical (unpaired) electrons. The standard InChI is InChI=1S/C27H20BrO5P.Na.H/c28-23-15-11-21(12-16-23)26(19-20-7-3-1-4-8-20)27(29)22-13-17-25(18-14-22)33-34(30,31)32-24-9-5-2-6-10-24;;/h1-19H,(H,30,31);;/q;+1;-1. The van der Waals surface area contributed by atoms with Crippen LogP contribution < -0.4 is 38.6 Å². The molecule has 0 saturated carbocycles. The molecule has 4 aromatic carbocycles. The smallest absolute Gasteiger partial charge is 1.00 e. The Morgan fingerprint density at radius 1 is 0.743 bits per heavy atom. The summed E-state index contributed by atoms with van der Waals surface area (Å²) in [6.07, 6.45) is 1.84. The van der Waals surface area contributed by atoms with Crippen LogP contribution in [0, 0.1) is 0 Å². The third-order valence-corrected chi connectivity index (χ3v) is 6.22. The van der Waals surface area contributed by atoms with Crippen LogP contribution in [0.25, 0.3) is 11.6 Å². The number of hydrogen-bond acceptors (Lipinski definition) is 4. The molecule has 0 amide bonds. The van der Waals surface area contributed by atoms with E-state index in [1.54, 1.807) is 42.5 Å². The van der Waals surface area contributed by atoms with Crippen LogP contribution in [-0.2, 0) is 4.57 Å². The van der Waals surface area contributed by atoms with Crippen LogP contribution in [0.4, 0.5) is 0 Å². The average Bonchev–Trinajstić information content (AvgIpc) is 2.84. The molecular formula is C27H21BrNaO5P. The molecular weight excluding hydrogens is 538 g/mol. The number of ketones is 1. The van der Waals surface area contributed by atoms with Gasteiger partial charge in [-0.25, -0.2) is 4.57 Å². The number of phosphoric ester groups is 1. The molecule has 4 aromatic rings. The normalized spacial score (nSPS) is 12.7. The van der Waals surface area contributed by atoms with Crippen molar-refractivity contribution < 1.29 is 54.3 Å². The number of carbonyl (C=O) groups excluding carboxylic acids is 1. The number of benzene rings is 4. The van der Waals surface area contributed by atoms with Crippen molar-refractivity contribution in [1.29, 1.82) is 0 Å². The number of rotatable bonds is 8. The Morgan fingerprint density at radius 3 is 1.80 bits per heavy atom. The average molecular weight is 559 g/mol. The van der Waals surface area contributed by atoms with Gasteiger partial charge in [0.1, 0.15) is 11.5 Å². The first-order valence-electron chi connectivity index (χ1n) is 10.3. The predicted octanol–water partition coefficient (Wildman–Crippen LogP) is 4.55. The summed E-state index contributed by atoms with van der Waals surface area (Å²) < 4.78 is 23.5. The molecule has 8 heteroatoms. The number of para-hydroxylation sites is 1. The van der Waals surface area contributed by atoms with Crippen molar-refractivity contribution in [3.63, 3.8) is 0 Å². The van der Waals surface area contributed by atoms with Crippen LogP contribution in [0.3, 0.4) is 0 Å². The van der Waals surface area contributed by atoms with Crippen molar-refractivity contribution >= 4 is 41.2 Å². The maximum Gasteiger partial charge on any atom is 1.00 e. The number of carbonyl (C=O) groups is 1. The minimum atomic E-state index is -4.39. The fraction of sp³-hybridized carbons (Fsp3) is 0. The molecule has 1 unspecified atom stereocenters. The molecule has 4 rings (SSSR count). The zero-order valence-corrected chi connectivity index (χ0v) is 23.4. The second kappa shape index (κ2) is 12.5. The van der Waals surface area contributed by atoms with Gasteiger partial charge in [0.15, 0.2) is 5.78 Å². The minimum Gasteiger partial charge on any atom is -1.00 e. The van der Waals surface area contributed by atoms with Crippen molar-refractivity contribution in [2.24, 2.45) is 0 Å². The summed E-state index contributed by atoms with van der Waals surface area (Å²) in [5.41, 5.74) is 2.60. The fourth-order valence-electron chi connectivity index (χ4n) is 3.21. The van der Waals surface area contributed by atoms with E-state index in [0.29, 0.717) is 11.1 Å². The van der Waals surface area contributed by atoms with Gasteiger partial charge >= 0.3 is 37.4 Å². The van der Waals surface area contributed by atoms with Crippen LogP contribution in [0.5, 0.6) is 11.5 Å². The van der Waals surface area contributed by atoms with Crippen molar-refractivity contribution in [2.45, 2.75) is 0 Å². The maximum absolute atomic E-state index is 13.4. The van der Waals surface area contributed by atoms with E-state index >= 15 is 0 Å². The SMILES string of the molecule is O=C(C(=Cc1ccccc1)c1ccc(Br)cc1)c1ccc(OP(=O)(O)Oc2ccccc2)cc1.[H-].[Na+]. The van der Waals surface area contributed by atoms with E-state index in [9.17, 15) is 14.3 Å². The van der Waals surface area contributed by atoms with Gasteiger partial charge in [-0.1, -0.05) is 76.6 Å². The summed E-state index contributed by atoms with van der Waals surface area (Å²) in [6.45, 7) is 0. The first-order valence-corrected chi connectivity index (χ1v) is 12.6. The number of phosphoric acid groups is 1. The molecule has 0 aromatic heterocycles. The maximum atomic E-state index is 13.4. The van der Waals surface area contributed by atoms with Gasteiger partial charge < -0.3 is 10.5 Å². The molecule has 5 nitrogen and oxygen atoms in total. The van der Waals surface area contributed by atoms with Gasteiger partial charge in [0, 0.05) is 15.6 Å². The molecule has 0 aliphatic rings. The van der Waals surface area contributed by atoms with Gasteiger partial charge in [-0.05, 0) is 65.7 Å². The van der Waals surface area contributed by atoms with Crippen LogP contribution in [0.15, 0.2) is 114 Å². The molecule has 0 saturated heterocycles. The van der Waals surface area contributed by atoms with Crippen molar-refractivity contribution in [2.75, 3.05) is 0 Å². The van der Waals surface area contributed by atoms with Gasteiger partial charge in [-0.2, -0.15) is 0 Å². The van der Waals surface area contributed by atoms with Gasteiger partial charge in [0.2, 0.25) is 0 Å². The van der Waals surface area contributed by atoms with E-state index in [1.807, 2.05) is 60.7 Å². The van der Waals surface area contributed by atoms with Gasteiger partial charge in [0.25, 0.3) is 0 Å². The van der Waals surface area contributed by atoms with E-state index in [4.69, 9.17) is 9.05 Å². The summed E-state index contributed by atoms with van der Waals surface area (Å²) in [5, 5.41) is 0. The second-order valence-electron chi connectivity index (χ2n) is 7.29.